The highest BCUT2D eigenvalue weighted by molar-refractivity contribution is 14.0. The molecule has 0 saturated heterocycles. The van der Waals surface area contributed by atoms with Gasteiger partial charge in [-0.3, -0.25) is 0 Å². The van der Waals surface area contributed by atoms with E-state index < -0.39 is 0 Å². The van der Waals surface area contributed by atoms with E-state index in [1.807, 2.05) is 6.08 Å². The number of guanidine groups is 1. The van der Waals surface area contributed by atoms with Crippen LogP contribution in [-0.2, 0) is 0 Å². The Kier molecular flexibility index (Phi) is 9.59. The van der Waals surface area contributed by atoms with Crippen molar-refractivity contribution in [1.29, 1.82) is 0 Å². The third-order valence-corrected chi connectivity index (χ3v) is 3.08. The molecule has 0 aromatic rings. The molecule has 3 nitrogen and oxygen atoms in total. The summed E-state index contributed by atoms with van der Waals surface area (Å²) in [6.07, 6.45) is 7.01. The van der Waals surface area contributed by atoms with Gasteiger partial charge in [0, 0.05) is 12.6 Å². The molecule has 1 rings (SSSR count). The predicted octanol–water partition coefficient (Wildman–Crippen LogP) is 2.92. The number of hydrogen-bond donors (Lipinski definition) is 2. The largest absolute Gasteiger partial charge is 0.357 e. The summed E-state index contributed by atoms with van der Waals surface area (Å²) in [6, 6.07) is 0.596. The average Bonchev–Trinajstić information content (AvgIpc) is 2.29. The van der Waals surface area contributed by atoms with Gasteiger partial charge in [0.05, 0.1) is 6.54 Å². The van der Waals surface area contributed by atoms with E-state index in [1.54, 1.807) is 0 Å². The van der Waals surface area contributed by atoms with Crippen LogP contribution < -0.4 is 10.6 Å². The number of halogens is 1. The van der Waals surface area contributed by atoms with Crippen LogP contribution in [0.1, 0.15) is 39.5 Å². The van der Waals surface area contributed by atoms with Crippen LogP contribution in [-0.4, -0.2) is 25.1 Å². The third kappa shape index (κ3) is 6.91. The smallest absolute Gasteiger partial charge is 0.191 e. The summed E-state index contributed by atoms with van der Waals surface area (Å²) in [7, 11) is 0. The van der Waals surface area contributed by atoms with Crippen molar-refractivity contribution < 1.29 is 0 Å². The van der Waals surface area contributed by atoms with Crippen molar-refractivity contribution in [2.24, 2.45) is 10.9 Å². The van der Waals surface area contributed by atoms with Gasteiger partial charge in [-0.15, -0.1) is 30.6 Å². The molecule has 0 unspecified atom stereocenters. The Labute approximate surface area is 123 Å². The second kappa shape index (κ2) is 9.74. The zero-order valence-corrected chi connectivity index (χ0v) is 13.4. The molecule has 0 aliphatic heterocycles. The predicted molar refractivity (Wildman–Crippen MR) is 86.1 cm³/mol. The fourth-order valence-corrected chi connectivity index (χ4v) is 2.07. The summed E-state index contributed by atoms with van der Waals surface area (Å²) in [5.74, 6) is 1.83. The molecular formula is C13H26IN3. The Morgan fingerprint density at radius 1 is 1.35 bits per heavy atom. The van der Waals surface area contributed by atoms with E-state index in [-0.39, 0.29) is 24.0 Å². The standard InChI is InChI=1S/C13H25N3.HI/c1-4-10-15-13(14-5-2)16-12-8-6-11(3)7-9-12;/h4,11-12H,1,5-10H2,2-3H3,(H2,14,15,16);1H. The van der Waals surface area contributed by atoms with Gasteiger partial charge in [0.1, 0.15) is 0 Å². The van der Waals surface area contributed by atoms with E-state index >= 15 is 0 Å². The first kappa shape index (κ1) is 16.7. The SMILES string of the molecule is C=CCN=C(NCC)NC1CCC(C)CC1.I. The van der Waals surface area contributed by atoms with E-state index in [0.29, 0.717) is 12.6 Å². The van der Waals surface area contributed by atoms with E-state index in [0.717, 1.165) is 18.4 Å². The van der Waals surface area contributed by atoms with Crippen molar-refractivity contribution in [1.82, 2.24) is 10.6 Å². The molecule has 0 amide bonds. The number of hydrogen-bond acceptors (Lipinski definition) is 1. The van der Waals surface area contributed by atoms with E-state index in [2.05, 4.69) is 36.1 Å². The first-order chi connectivity index (χ1) is 7.76. The maximum absolute atomic E-state index is 4.42. The molecule has 0 aromatic carbocycles. The highest BCUT2D eigenvalue weighted by atomic mass is 127. The molecule has 0 atom stereocenters. The number of nitrogens with zero attached hydrogens (tertiary/aromatic N) is 1. The molecule has 4 heteroatoms. The van der Waals surface area contributed by atoms with Crippen molar-refractivity contribution in [3.8, 4) is 0 Å². The Balaban J connectivity index is 0.00000256. The lowest BCUT2D eigenvalue weighted by Gasteiger charge is -2.28. The number of nitrogens with one attached hydrogen (secondary N) is 2. The van der Waals surface area contributed by atoms with Crippen molar-refractivity contribution in [2.45, 2.75) is 45.6 Å². The quantitative estimate of drug-likeness (QED) is 0.354. The van der Waals surface area contributed by atoms with Crippen molar-refractivity contribution in [3.05, 3.63) is 12.7 Å². The highest BCUT2D eigenvalue weighted by Crippen LogP contribution is 2.23. The van der Waals surface area contributed by atoms with Gasteiger partial charge in [0.2, 0.25) is 0 Å². The average molecular weight is 351 g/mol. The summed E-state index contributed by atoms with van der Waals surface area (Å²) >= 11 is 0. The molecule has 1 fully saturated rings. The number of rotatable bonds is 4. The molecular weight excluding hydrogens is 325 g/mol. The van der Waals surface area contributed by atoms with Gasteiger partial charge in [-0.1, -0.05) is 13.0 Å². The maximum Gasteiger partial charge on any atom is 0.191 e. The second-order valence-electron chi connectivity index (χ2n) is 4.61. The summed E-state index contributed by atoms with van der Waals surface area (Å²) in [6.45, 7) is 9.71. The van der Waals surface area contributed by atoms with Crippen LogP contribution in [0.3, 0.4) is 0 Å². The van der Waals surface area contributed by atoms with Gasteiger partial charge in [-0.2, -0.15) is 0 Å². The highest BCUT2D eigenvalue weighted by Gasteiger charge is 2.18. The Morgan fingerprint density at radius 3 is 2.53 bits per heavy atom. The minimum atomic E-state index is 0. The molecule has 0 radical (unpaired) electrons. The first-order valence-electron chi connectivity index (χ1n) is 6.42. The normalized spacial score (nSPS) is 24.7. The van der Waals surface area contributed by atoms with Crippen LogP contribution in [0.2, 0.25) is 0 Å². The van der Waals surface area contributed by atoms with Crippen molar-refractivity contribution in [2.75, 3.05) is 13.1 Å². The molecule has 1 aliphatic rings. The molecule has 1 saturated carbocycles. The molecule has 1 aliphatic carbocycles. The molecule has 0 spiro atoms. The minimum absolute atomic E-state index is 0. The summed E-state index contributed by atoms with van der Waals surface area (Å²) in [5.41, 5.74) is 0. The van der Waals surface area contributed by atoms with Crippen molar-refractivity contribution in [3.63, 3.8) is 0 Å². The number of aliphatic imine (C=N–C) groups is 1. The molecule has 0 aromatic heterocycles. The molecule has 100 valence electrons. The summed E-state index contributed by atoms with van der Waals surface area (Å²) in [5, 5.41) is 6.77. The molecule has 0 heterocycles. The van der Waals surface area contributed by atoms with Gasteiger partial charge < -0.3 is 10.6 Å². The van der Waals surface area contributed by atoms with Crippen LogP contribution >= 0.6 is 24.0 Å². The molecule has 17 heavy (non-hydrogen) atoms. The fraction of sp³-hybridized carbons (Fsp3) is 0.769. The van der Waals surface area contributed by atoms with Gasteiger partial charge in [0.25, 0.3) is 0 Å². The summed E-state index contributed by atoms with van der Waals surface area (Å²) in [4.78, 5) is 4.42. The van der Waals surface area contributed by atoms with Gasteiger partial charge in [-0.05, 0) is 38.5 Å². The summed E-state index contributed by atoms with van der Waals surface area (Å²) < 4.78 is 0. The third-order valence-electron chi connectivity index (χ3n) is 3.08. The molecule has 2 N–H and O–H groups in total. The van der Waals surface area contributed by atoms with Crippen LogP contribution in [0.25, 0.3) is 0 Å². The Bertz CT molecular complexity index is 233. The van der Waals surface area contributed by atoms with Crippen LogP contribution in [0.15, 0.2) is 17.6 Å². The lowest BCUT2D eigenvalue weighted by Crippen LogP contribution is -2.44. The minimum Gasteiger partial charge on any atom is -0.357 e. The maximum atomic E-state index is 4.42. The lowest BCUT2D eigenvalue weighted by atomic mass is 9.87. The van der Waals surface area contributed by atoms with Crippen molar-refractivity contribution >= 4 is 29.9 Å². The van der Waals surface area contributed by atoms with E-state index in [4.69, 9.17) is 0 Å². The Morgan fingerprint density at radius 2 is 2.00 bits per heavy atom. The second-order valence-corrected chi connectivity index (χ2v) is 4.61. The zero-order valence-electron chi connectivity index (χ0n) is 11.0. The van der Waals surface area contributed by atoms with Crippen LogP contribution in [0.5, 0.6) is 0 Å². The lowest BCUT2D eigenvalue weighted by molar-refractivity contribution is 0.329. The first-order valence-corrected chi connectivity index (χ1v) is 6.42. The molecule has 0 bridgehead atoms. The van der Waals surface area contributed by atoms with Gasteiger partial charge in [0.15, 0.2) is 5.96 Å². The zero-order chi connectivity index (χ0) is 11.8. The van der Waals surface area contributed by atoms with Gasteiger partial charge >= 0.3 is 0 Å². The van der Waals surface area contributed by atoms with E-state index in [1.165, 1.54) is 25.7 Å². The monoisotopic (exact) mass is 351 g/mol. The topological polar surface area (TPSA) is 36.4 Å². The van der Waals surface area contributed by atoms with Gasteiger partial charge in [-0.25, -0.2) is 4.99 Å². The van der Waals surface area contributed by atoms with Crippen LogP contribution in [0, 0.1) is 5.92 Å². The Hall–Kier alpha value is -0.260. The van der Waals surface area contributed by atoms with E-state index in [9.17, 15) is 0 Å². The fourth-order valence-electron chi connectivity index (χ4n) is 2.07. The van der Waals surface area contributed by atoms with Crippen LogP contribution in [0.4, 0.5) is 0 Å².